The summed E-state index contributed by atoms with van der Waals surface area (Å²) in [5.41, 5.74) is 0.704. The molecule has 0 saturated carbocycles. The molecule has 1 aromatic rings. The predicted octanol–water partition coefficient (Wildman–Crippen LogP) is 2.83. The molecule has 3 nitrogen and oxygen atoms in total. The van der Waals surface area contributed by atoms with E-state index in [-0.39, 0.29) is 11.9 Å². The lowest BCUT2D eigenvalue weighted by Gasteiger charge is -2.30. The molecule has 1 N–H and O–H groups in total. The van der Waals surface area contributed by atoms with Crippen LogP contribution in [0.25, 0.3) is 0 Å². The lowest BCUT2D eigenvalue weighted by molar-refractivity contribution is 0.203. The van der Waals surface area contributed by atoms with Gasteiger partial charge in [0, 0.05) is 24.2 Å². The Morgan fingerprint density at radius 1 is 1.50 bits per heavy atom. The monoisotopic (exact) mass is 280 g/mol. The number of methoxy groups -OCH3 is 1. The highest BCUT2D eigenvalue weighted by molar-refractivity contribution is 5.30. The molecule has 1 aliphatic heterocycles. The second-order valence-corrected chi connectivity index (χ2v) is 5.79. The largest absolute Gasteiger partial charge is 0.497 e. The molecule has 0 radical (unpaired) electrons. The van der Waals surface area contributed by atoms with Crippen LogP contribution in [0.1, 0.15) is 31.4 Å². The van der Waals surface area contributed by atoms with Crippen molar-refractivity contribution in [1.29, 1.82) is 0 Å². The molecule has 112 valence electrons. The van der Waals surface area contributed by atoms with Gasteiger partial charge >= 0.3 is 0 Å². The Bertz CT molecular complexity index is 438. The van der Waals surface area contributed by atoms with E-state index in [0.29, 0.717) is 17.2 Å². The first-order valence-corrected chi connectivity index (χ1v) is 7.35. The maximum atomic E-state index is 14.0. The number of nitrogens with one attached hydrogen (secondary N) is 1. The number of ether oxygens (including phenoxy) is 1. The SMILES string of the molecule is COc1ccc(C(C)NCC2CCCN(C)C2)c(F)c1. The van der Waals surface area contributed by atoms with Gasteiger partial charge in [-0.25, -0.2) is 4.39 Å². The summed E-state index contributed by atoms with van der Waals surface area (Å²) in [6.45, 7) is 5.28. The number of benzene rings is 1. The third-order valence-electron chi connectivity index (χ3n) is 4.11. The normalized spacial score (nSPS) is 21.7. The molecule has 0 amide bonds. The van der Waals surface area contributed by atoms with Crippen LogP contribution in [-0.2, 0) is 0 Å². The topological polar surface area (TPSA) is 24.5 Å². The Labute approximate surface area is 121 Å². The first-order valence-electron chi connectivity index (χ1n) is 7.35. The van der Waals surface area contributed by atoms with Gasteiger partial charge in [0.2, 0.25) is 0 Å². The maximum Gasteiger partial charge on any atom is 0.131 e. The number of likely N-dealkylation sites (tertiary alicyclic amines) is 1. The third-order valence-corrected chi connectivity index (χ3v) is 4.11. The highest BCUT2D eigenvalue weighted by Crippen LogP contribution is 2.22. The van der Waals surface area contributed by atoms with Crippen LogP contribution in [0.15, 0.2) is 18.2 Å². The summed E-state index contributed by atoms with van der Waals surface area (Å²) >= 11 is 0. The van der Waals surface area contributed by atoms with Crippen LogP contribution in [-0.4, -0.2) is 38.7 Å². The zero-order valence-electron chi connectivity index (χ0n) is 12.7. The van der Waals surface area contributed by atoms with E-state index in [1.54, 1.807) is 13.2 Å². The Morgan fingerprint density at radius 3 is 2.95 bits per heavy atom. The number of hydrogen-bond acceptors (Lipinski definition) is 3. The molecule has 0 bridgehead atoms. The van der Waals surface area contributed by atoms with Gasteiger partial charge < -0.3 is 15.0 Å². The number of rotatable bonds is 5. The van der Waals surface area contributed by atoms with Crippen molar-refractivity contribution in [2.45, 2.75) is 25.8 Å². The summed E-state index contributed by atoms with van der Waals surface area (Å²) in [5.74, 6) is 1.02. The van der Waals surface area contributed by atoms with Crippen LogP contribution in [0, 0.1) is 11.7 Å². The minimum Gasteiger partial charge on any atom is -0.497 e. The number of nitrogens with zero attached hydrogens (tertiary/aromatic N) is 1. The van der Waals surface area contributed by atoms with E-state index in [0.717, 1.165) is 13.1 Å². The van der Waals surface area contributed by atoms with Gasteiger partial charge in [-0.1, -0.05) is 6.07 Å². The third kappa shape index (κ3) is 3.93. The Kier molecular flexibility index (Phi) is 5.38. The van der Waals surface area contributed by atoms with Crippen molar-refractivity contribution in [3.05, 3.63) is 29.6 Å². The molecule has 2 rings (SSSR count). The highest BCUT2D eigenvalue weighted by Gasteiger charge is 2.18. The molecule has 1 aliphatic rings. The summed E-state index contributed by atoms with van der Waals surface area (Å²) in [6.07, 6.45) is 2.52. The predicted molar refractivity (Wildman–Crippen MR) is 79.6 cm³/mol. The Balaban J connectivity index is 1.89. The van der Waals surface area contributed by atoms with Crippen molar-refractivity contribution in [2.75, 3.05) is 33.8 Å². The van der Waals surface area contributed by atoms with Crippen LogP contribution >= 0.6 is 0 Å². The van der Waals surface area contributed by atoms with Crippen LogP contribution in [0.5, 0.6) is 5.75 Å². The average molecular weight is 280 g/mol. The fourth-order valence-corrected chi connectivity index (χ4v) is 2.88. The van der Waals surface area contributed by atoms with Crippen molar-refractivity contribution in [3.63, 3.8) is 0 Å². The molecule has 0 spiro atoms. The van der Waals surface area contributed by atoms with Gasteiger partial charge in [0.1, 0.15) is 11.6 Å². The lowest BCUT2D eigenvalue weighted by Crippen LogP contribution is -2.38. The van der Waals surface area contributed by atoms with E-state index in [2.05, 4.69) is 17.3 Å². The van der Waals surface area contributed by atoms with Gasteiger partial charge in [-0.3, -0.25) is 0 Å². The molecule has 20 heavy (non-hydrogen) atoms. The van der Waals surface area contributed by atoms with E-state index in [1.807, 2.05) is 13.0 Å². The van der Waals surface area contributed by atoms with E-state index < -0.39 is 0 Å². The van der Waals surface area contributed by atoms with Crippen molar-refractivity contribution >= 4 is 0 Å². The average Bonchev–Trinajstić information content (AvgIpc) is 2.44. The smallest absolute Gasteiger partial charge is 0.131 e. The van der Waals surface area contributed by atoms with Crippen molar-refractivity contribution in [3.8, 4) is 5.75 Å². The van der Waals surface area contributed by atoms with Gasteiger partial charge in [-0.2, -0.15) is 0 Å². The van der Waals surface area contributed by atoms with E-state index in [9.17, 15) is 4.39 Å². The fourth-order valence-electron chi connectivity index (χ4n) is 2.88. The van der Waals surface area contributed by atoms with Crippen LogP contribution in [0.2, 0.25) is 0 Å². The highest BCUT2D eigenvalue weighted by atomic mass is 19.1. The molecular weight excluding hydrogens is 255 g/mol. The zero-order valence-corrected chi connectivity index (χ0v) is 12.7. The Hall–Kier alpha value is -1.13. The summed E-state index contributed by atoms with van der Waals surface area (Å²) in [5, 5.41) is 3.46. The molecule has 4 heteroatoms. The van der Waals surface area contributed by atoms with E-state index in [1.165, 1.54) is 25.5 Å². The van der Waals surface area contributed by atoms with Gasteiger partial charge in [-0.05, 0) is 51.9 Å². The summed E-state index contributed by atoms with van der Waals surface area (Å²) in [6, 6.07) is 5.08. The molecule has 1 fully saturated rings. The van der Waals surface area contributed by atoms with Crippen LogP contribution in [0.4, 0.5) is 4.39 Å². The zero-order chi connectivity index (χ0) is 14.5. The first kappa shape index (κ1) is 15.3. The molecule has 2 atom stereocenters. The van der Waals surface area contributed by atoms with E-state index in [4.69, 9.17) is 4.74 Å². The second-order valence-electron chi connectivity index (χ2n) is 5.79. The second kappa shape index (κ2) is 7.04. The summed E-state index contributed by atoms with van der Waals surface area (Å²) in [7, 11) is 3.72. The lowest BCUT2D eigenvalue weighted by atomic mass is 9.97. The Morgan fingerprint density at radius 2 is 2.30 bits per heavy atom. The molecule has 1 saturated heterocycles. The first-order chi connectivity index (χ1) is 9.60. The van der Waals surface area contributed by atoms with Crippen molar-refractivity contribution in [1.82, 2.24) is 10.2 Å². The van der Waals surface area contributed by atoms with Gasteiger partial charge in [0.05, 0.1) is 7.11 Å². The molecule has 0 aromatic heterocycles. The van der Waals surface area contributed by atoms with Crippen LogP contribution < -0.4 is 10.1 Å². The quantitative estimate of drug-likeness (QED) is 0.897. The number of piperidine rings is 1. The molecule has 0 aliphatic carbocycles. The van der Waals surface area contributed by atoms with E-state index >= 15 is 0 Å². The molecule has 1 aromatic carbocycles. The summed E-state index contributed by atoms with van der Waals surface area (Å²) < 4.78 is 19.0. The minimum atomic E-state index is -0.204. The maximum absolute atomic E-state index is 14.0. The molecule has 2 unspecified atom stereocenters. The summed E-state index contributed by atoms with van der Waals surface area (Å²) in [4.78, 5) is 2.37. The van der Waals surface area contributed by atoms with Gasteiger partial charge in [-0.15, -0.1) is 0 Å². The van der Waals surface area contributed by atoms with Crippen LogP contribution in [0.3, 0.4) is 0 Å². The number of halogens is 1. The molecular formula is C16H25FN2O. The molecule has 1 heterocycles. The fraction of sp³-hybridized carbons (Fsp3) is 0.625. The van der Waals surface area contributed by atoms with Gasteiger partial charge in [0.25, 0.3) is 0 Å². The van der Waals surface area contributed by atoms with Gasteiger partial charge in [0.15, 0.2) is 0 Å². The number of hydrogen-bond donors (Lipinski definition) is 1. The standard InChI is InChI=1S/C16H25FN2O/c1-12(15-7-6-14(20-3)9-16(15)17)18-10-13-5-4-8-19(2)11-13/h6-7,9,12-13,18H,4-5,8,10-11H2,1-3H3. The van der Waals surface area contributed by atoms with Crippen molar-refractivity contribution < 1.29 is 9.13 Å². The minimum absolute atomic E-state index is 0.0214. The van der Waals surface area contributed by atoms with Crippen molar-refractivity contribution in [2.24, 2.45) is 5.92 Å².